The lowest BCUT2D eigenvalue weighted by Crippen LogP contribution is -2.57. The molecule has 7 heterocycles. The molecule has 2 aliphatic heterocycles. The number of carbonyl (C=O) groups excluding carboxylic acids is 5. The Bertz CT molecular complexity index is 3650. The van der Waals surface area contributed by atoms with E-state index in [-0.39, 0.29) is 44.0 Å². The molecule has 0 unspecified atom stereocenters. The van der Waals surface area contributed by atoms with E-state index in [0.717, 1.165) is 64.2 Å². The van der Waals surface area contributed by atoms with Crippen LogP contribution in [-0.4, -0.2) is 115 Å². The summed E-state index contributed by atoms with van der Waals surface area (Å²) >= 11 is 2.83. The highest BCUT2D eigenvalue weighted by Crippen LogP contribution is 2.35. The third-order valence-electron chi connectivity index (χ3n) is 16.0. The third-order valence-corrected chi connectivity index (χ3v) is 19.2. The van der Waals surface area contributed by atoms with Crippen molar-refractivity contribution in [1.82, 2.24) is 50.0 Å². The Balaban J connectivity index is 0.811. The van der Waals surface area contributed by atoms with E-state index in [4.69, 9.17) is 10.1 Å². The van der Waals surface area contributed by atoms with E-state index in [1.54, 1.807) is 74.3 Å². The number of anilines is 2. The largest absolute Gasteiger partial charge is 0.391 e. The van der Waals surface area contributed by atoms with Gasteiger partial charge in [-0.05, 0) is 110 Å². The average Bonchev–Trinajstić information content (AvgIpc) is 4.47. The Hall–Kier alpha value is -7.47. The van der Waals surface area contributed by atoms with Crippen LogP contribution in [0.15, 0.2) is 84.6 Å². The summed E-state index contributed by atoms with van der Waals surface area (Å²) in [6.45, 7) is 12.4. The molecule has 1 saturated heterocycles. The molecule has 2 aromatic carbocycles. The highest BCUT2D eigenvalue weighted by molar-refractivity contribution is 7.90. The van der Waals surface area contributed by atoms with Crippen LogP contribution in [0, 0.1) is 25.2 Å². The van der Waals surface area contributed by atoms with Crippen molar-refractivity contribution in [3.05, 3.63) is 124 Å². The molecule has 3 aliphatic rings. The van der Waals surface area contributed by atoms with Gasteiger partial charge in [0.15, 0.2) is 5.13 Å². The third kappa shape index (κ3) is 13.5. The van der Waals surface area contributed by atoms with Crippen molar-refractivity contribution in [2.24, 2.45) is 11.3 Å². The molecule has 5 N–H and O–H groups in total. The zero-order chi connectivity index (χ0) is 58.7. The topological polar surface area (TPSA) is 264 Å². The maximum atomic E-state index is 14.5. The summed E-state index contributed by atoms with van der Waals surface area (Å²) in [5, 5.41) is 24.7. The molecule has 436 valence electrons. The van der Waals surface area contributed by atoms with E-state index in [2.05, 4.69) is 35.6 Å². The second-order valence-corrected chi connectivity index (χ2v) is 26.7. The van der Waals surface area contributed by atoms with E-state index in [9.17, 15) is 37.5 Å². The summed E-state index contributed by atoms with van der Waals surface area (Å²) in [7, 11) is -4.38. The van der Waals surface area contributed by atoms with Gasteiger partial charge in [0.25, 0.3) is 11.8 Å². The Morgan fingerprint density at radius 1 is 0.892 bits per heavy atom. The fourth-order valence-corrected chi connectivity index (χ4v) is 14.0. The number of β-amino-alcohol motifs (C(OH)–C–C–N with tert-alkyl or cyclic N) is 1. The predicted octanol–water partition coefficient (Wildman–Crippen LogP) is 8.30. The molecule has 4 atom stereocenters. The second-order valence-electron chi connectivity index (χ2n) is 23.0. The van der Waals surface area contributed by atoms with Gasteiger partial charge in [-0.25, -0.2) is 33.1 Å². The van der Waals surface area contributed by atoms with Crippen molar-refractivity contribution in [1.29, 1.82) is 0 Å². The first kappa shape index (κ1) is 58.7. The molecule has 20 nitrogen and oxygen atoms in total. The molecule has 5 amide bonds. The molecule has 23 heteroatoms. The smallest absolute Gasteiger partial charge is 0.284 e. The zero-order valence-corrected chi connectivity index (χ0v) is 49.9. The van der Waals surface area contributed by atoms with Crippen LogP contribution < -0.4 is 25.6 Å². The number of sulfonamides is 1. The minimum absolute atomic E-state index is 0.00647. The number of aromatic nitrogens is 6. The number of pyridine rings is 2. The average molecular weight is 1180 g/mol. The molecule has 0 spiro atoms. The van der Waals surface area contributed by atoms with E-state index < -0.39 is 69.0 Å². The number of rotatable bonds is 18. The highest BCUT2D eigenvalue weighted by atomic mass is 32.2. The Labute approximate surface area is 491 Å². The molecular weight excluding hydrogens is 1110 g/mol. The van der Waals surface area contributed by atoms with Gasteiger partial charge in [0, 0.05) is 67.6 Å². The minimum Gasteiger partial charge on any atom is -0.391 e. The SMILES string of the molecule is Cc1ncsc1-c1ccc([C@H](C)NC(=O)[C@@H]2C[C@@H](O)CN2C(=O)[C@@H](NC(=O)CCCS(=O)(=O)NC(=O)c2nc(N3CCc4cccc(C(=O)Nc5nc6cccnc6s5)c4C3)ccc2-c2cnn(CC3CCCCC3)c2C)C(C)(C)C)cc1. The van der Waals surface area contributed by atoms with Crippen molar-refractivity contribution in [3.63, 3.8) is 0 Å². The van der Waals surface area contributed by atoms with Crippen molar-refractivity contribution in [2.75, 3.05) is 29.1 Å². The number of nitrogens with one attached hydrogen (secondary N) is 4. The number of likely N-dealkylation sites (tertiary alicyclic amines) is 1. The number of hydrogen-bond donors (Lipinski definition) is 5. The summed E-state index contributed by atoms with van der Waals surface area (Å²) in [5.41, 5.74) is 8.32. The molecule has 83 heavy (non-hydrogen) atoms. The monoisotopic (exact) mass is 1180 g/mol. The van der Waals surface area contributed by atoms with Crippen LogP contribution in [-0.2, 0) is 43.9 Å². The van der Waals surface area contributed by atoms with E-state index >= 15 is 0 Å². The first-order valence-electron chi connectivity index (χ1n) is 28.3. The normalized spacial score (nSPS) is 17.4. The Morgan fingerprint density at radius 3 is 2.41 bits per heavy atom. The summed E-state index contributed by atoms with van der Waals surface area (Å²) < 4.78 is 32.0. The number of amides is 5. The minimum atomic E-state index is -4.38. The van der Waals surface area contributed by atoms with E-state index in [1.165, 1.54) is 22.7 Å². The van der Waals surface area contributed by atoms with Crippen molar-refractivity contribution in [3.8, 4) is 21.6 Å². The van der Waals surface area contributed by atoms with Gasteiger partial charge in [0.2, 0.25) is 27.7 Å². The highest BCUT2D eigenvalue weighted by Gasteiger charge is 2.45. The van der Waals surface area contributed by atoms with Gasteiger partial charge in [-0.15, -0.1) is 11.3 Å². The van der Waals surface area contributed by atoms with Crippen molar-refractivity contribution < 1.29 is 37.5 Å². The number of fused-ring (bicyclic) bond motifs is 2. The quantitative estimate of drug-likeness (QED) is 0.0541. The lowest BCUT2D eigenvalue weighted by molar-refractivity contribution is -0.144. The number of thiazole rings is 2. The van der Waals surface area contributed by atoms with Crippen LogP contribution >= 0.6 is 22.7 Å². The molecular formula is C60H70N12O8S3. The zero-order valence-electron chi connectivity index (χ0n) is 47.5. The number of aryl methyl sites for hydroxylation is 1. The van der Waals surface area contributed by atoms with Gasteiger partial charge in [-0.2, -0.15) is 5.10 Å². The summed E-state index contributed by atoms with van der Waals surface area (Å²) in [5.74, 6) is -2.66. The van der Waals surface area contributed by atoms with Crippen LogP contribution in [0.2, 0.25) is 0 Å². The second kappa shape index (κ2) is 24.8. The summed E-state index contributed by atoms with van der Waals surface area (Å²) in [6.07, 6.45) is 8.18. The lowest BCUT2D eigenvalue weighted by atomic mass is 9.85. The van der Waals surface area contributed by atoms with Crippen LogP contribution in [0.25, 0.3) is 31.9 Å². The lowest BCUT2D eigenvalue weighted by Gasteiger charge is -2.35. The predicted molar refractivity (Wildman–Crippen MR) is 320 cm³/mol. The van der Waals surface area contributed by atoms with Gasteiger partial charge in [0.1, 0.15) is 33.9 Å². The van der Waals surface area contributed by atoms with Gasteiger partial charge in [-0.1, -0.05) is 87.8 Å². The Kier molecular flexibility index (Phi) is 17.5. The van der Waals surface area contributed by atoms with Crippen LogP contribution in [0.5, 0.6) is 0 Å². The number of nitrogens with zero attached hydrogens (tertiary/aromatic N) is 8. The van der Waals surface area contributed by atoms with Gasteiger partial charge in [-0.3, -0.25) is 34.0 Å². The van der Waals surface area contributed by atoms with E-state index in [0.29, 0.717) is 63.4 Å². The molecule has 5 aromatic heterocycles. The fraction of sp³-hybridized carbons (Fsp3) is 0.433. The fourth-order valence-electron chi connectivity index (χ4n) is 11.4. The first-order valence-corrected chi connectivity index (χ1v) is 31.6. The molecule has 0 bridgehead atoms. The number of carbonyl (C=O) groups is 5. The summed E-state index contributed by atoms with van der Waals surface area (Å²) in [6, 6.07) is 18.0. The van der Waals surface area contributed by atoms with Crippen LogP contribution in [0.3, 0.4) is 0 Å². The Morgan fingerprint density at radius 2 is 1.67 bits per heavy atom. The molecule has 0 radical (unpaired) electrons. The molecule has 1 aliphatic carbocycles. The van der Waals surface area contributed by atoms with Gasteiger partial charge >= 0.3 is 0 Å². The van der Waals surface area contributed by atoms with Crippen molar-refractivity contribution in [2.45, 2.75) is 137 Å². The van der Waals surface area contributed by atoms with Crippen molar-refractivity contribution >= 4 is 83.5 Å². The first-order chi connectivity index (χ1) is 39.7. The maximum Gasteiger partial charge on any atom is 0.284 e. The van der Waals surface area contributed by atoms with Gasteiger partial charge < -0.3 is 25.5 Å². The molecule has 2 fully saturated rings. The number of aliphatic hydroxyl groups is 1. The summed E-state index contributed by atoms with van der Waals surface area (Å²) in [4.78, 5) is 93.5. The molecule has 1 saturated carbocycles. The number of benzene rings is 2. The van der Waals surface area contributed by atoms with Crippen LogP contribution in [0.1, 0.15) is 134 Å². The molecule has 10 rings (SSSR count). The number of hydrogen-bond acceptors (Lipinski definition) is 16. The number of aliphatic hydroxyl groups excluding tert-OH is 1. The maximum absolute atomic E-state index is 14.5. The van der Waals surface area contributed by atoms with Gasteiger partial charge in [0.05, 0.1) is 40.2 Å². The van der Waals surface area contributed by atoms with Crippen LogP contribution in [0.4, 0.5) is 10.9 Å². The van der Waals surface area contributed by atoms with E-state index in [1.807, 2.05) is 72.8 Å². The standard InChI is InChI=1S/C60H70N12O8S3/c1-35(39-19-21-41(22-20-39)52-36(2)62-34-81-52)64-55(76)48-29-42(73)32-71(48)58(78)53(60(4,5)6)67-50(74)18-12-28-83(79,80)69-56(77)51-43(45-30-63-72(37(45)3)31-38-13-8-7-9-14-38)23-24-49(66-51)70-27-25-40-15-10-16-44(46(40)33-70)54(75)68-59-65-47-17-11-26-61-57(47)82-59/h10-11,15-17,19-24,26,30,34-35,38,42,48,53,73H,7-9,12-14,18,25,27-29,31-33H2,1-6H3,(H,64,76)(H,67,74)(H,69,77)(H,65,68,75)/t35-,42+,48-,53+/m0/s1. The molecule has 7 aromatic rings.